The summed E-state index contributed by atoms with van der Waals surface area (Å²) in [5.74, 6) is 0.716. The molecule has 2 aromatic heterocycles. The van der Waals surface area contributed by atoms with Crippen LogP contribution in [0.25, 0.3) is 11.4 Å². The molecule has 14 heavy (non-hydrogen) atoms. The van der Waals surface area contributed by atoms with Gasteiger partial charge in [0, 0.05) is 6.20 Å². The summed E-state index contributed by atoms with van der Waals surface area (Å²) in [4.78, 5) is 4.23. The standard InChI is InChI=1S/C9H8BrN3O/c1-14-9-5-11-8(4-6(9)10)7-2-3-12-13-7/h2-5H,1H3,(H,12,13). The minimum Gasteiger partial charge on any atom is -0.494 e. The molecule has 0 aliphatic carbocycles. The Balaban J connectivity index is 2.43. The van der Waals surface area contributed by atoms with E-state index in [1.165, 1.54) is 0 Å². The molecule has 0 unspecified atom stereocenters. The maximum absolute atomic E-state index is 5.08. The lowest BCUT2D eigenvalue weighted by Gasteiger charge is -2.03. The van der Waals surface area contributed by atoms with Crippen LogP contribution in [0.15, 0.2) is 29.0 Å². The second-order valence-corrected chi connectivity index (χ2v) is 3.53. The third kappa shape index (κ3) is 1.63. The van der Waals surface area contributed by atoms with E-state index >= 15 is 0 Å². The summed E-state index contributed by atoms with van der Waals surface area (Å²) >= 11 is 3.39. The van der Waals surface area contributed by atoms with Gasteiger partial charge in [-0.25, -0.2) is 0 Å². The third-order valence-corrected chi connectivity index (χ3v) is 2.44. The average Bonchev–Trinajstić information content (AvgIpc) is 2.70. The van der Waals surface area contributed by atoms with E-state index in [1.54, 1.807) is 19.5 Å². The van der Waals surface area contributed by atoms with Gasteiger partial charge in [-0.05, 0) is 28.1 Å². The lowest BCUT2D eigenvalue weighted by atomic mass is 10.3. The molecule has 0 bridgehead atoms. The quantitative estimate of drug-likeness (QED) is 0.894. The SMILES string of the molecule is COc1cnc(-c2ccn[nH]2)cc1Br. The Hall–Kier alpha value is -1.36. The molecule has 0 spiro atoms. The number of pyridine rings is 1. The summed E-state index contributed by atoms with van der Waals surface area (Å²) in [6.45, 7) is 0. The summed E-state index contributed by atoms with van der Waals surface area (Å²) in [5, 5.41) is 6.70. The van der Waals surface area contributed by atoms with Crippen molar-refractivity contribution in [2.75, 3.05) is 7.11 Å². The number of hydrogen-bond acceptors (Lipinski definition) is 3. The van der Waals surface area contributed by atoms with E-state index in [4.69, 9.17) is 4.74 Å². The van der Waals surface area contributed by atoms with Crippen molar-refractivity contribution in [3.05, 3.63) is 29.0 Å². The van der Waals surface area contributed by atoms with E-state index in [2.05, 4.69) is 31.1 Å². The van der Waals surface area contributed by atoms with Crippen molar-refractivity contribution in [2.24, 2.45) is 0 Å². The first kappa shape index (κ1) is 9.21. The van der Waals surface area contributed by atoms with Gasteiger partial charge in [0.15, 0.2) is 5.75 Å². The zero-order valence-corrected chi connectivity index (χ0v) is 9.08. The minimum absolute atomic E-state index is 0.716. The topological polar surface area (TPSA) is 50.8 Å². The maximum atomic E-state index is 5.08. The monoisotopic (exact) mass is 253 g/mol. The highest BCUT2D eigenvalue weighted by molar-refractivity contribution is 9.10. The Kier molecular flexibility index (Phi) is 2.49. The molecule has 0 aliphatic heterocycles. The highest BCUT2D eigenvalue weighted by Crippen LogP contribution is 2.27. The van der Waals surface area contributed by atoms with Gasteiger partial charge in [0.2, 0.25) is 0 Å². The van der Waals surface area contributed by atoms with Crippen molar-refractivity contribution in [3.8, 4) is 17.1 Å². The molecule has 0 aliphatic rings. The maximum Gasteiger partial charge on any atom is 0.151 e. The van der Waals surface area contributed by atoms with E-state index in [0.29, 0.717) is 5.75 Å². The number of H-pyrrole nitrogens is 1. The second kappa shape index (κ2) is 3.79. The van der Waals surface area contributed by atoms with Crippen molar-refractivity contribution in [3.63, 3.8) is 0 Å². The Morgan fingerprint density at radius 2 is 2.36 bits per heavy atom. The van der Waals surface area contributed by atoms with Crippen molar-refractivity contribution in [1.82, 2.24) is 15.2 Å². The molecule has 0 saturated heterocycles. The number of hydrogen-bond donors (Lipinski definition) is 1. The first-order valence-corrected chi connectivity index (χ1v) is 4.80. The Morgan fingerprint density at radius 1 is 1.50 bits per heavy atom. The highest BCUT2D eigenvalue weighted by atomic mass is 79.9. The van der Waals surface area contributed by atoms with E-state index in [-0.39, 0.29) is 0 Å². The Bertz CT molecular complexity index is 428. The molecule has 0 atom stereocenters. The van der Waals surface area contributed by atoms with Gasteiger partial charge >= 0.3 is 0 Å². The van der Waals surface area contributed by atoms with Gasteiger partial charge in [0.25, 0.3) is 0 Å². The molecule has 2 rings (SSSR count). The van der Waals surface area contributed by atoms with Crippen LogP contribution in [-0.4, -0.2) is 22.3 Å². The van der Waals surface area contributed by atoms with Crippen LogP contribution in [0.3, 0.4) is 0 Å². The molecular formula is C9H8BrN3O. The number of aromatic nitrogens is 3. The number of nitrogens with one attached hydrogen (secondary N) is 1. The summed E-state index contributed by atoms with van der Waals surface area (Å²) in [5.41, 5.74) is 1.71. The molecule has 0 radical (unpaired) electrons. The molecule has 4 nitrogen and oxygen atoms in total. The van der Waals surface area contributed by atoms with Crippen molar-refractivity contribution in [2.45, 2.75) is 0 Å². The predicted octanol–water partition coefficient (Wildman–Crippen LogP) is 2.24. The Morgan fingerprint density at radius 3 is 2.93 bits per heavy atom. The van der Waals surface area contributed by atoms with E-state index in [0.717, 1.165) is 15.9 Å². The van der Waals surface area contributed by atoms with Gasteiger partial charge in [-0.15, -0.1) is 0 Å². The van der Waals surface area contributed by atoms with Crippen molar-refractivity contribution in [1.29, 1.82) is 0 Å². The molecule has 2 aromatic rings. The number of nitrogens with zero attached hydrogens (tertiary/aromatic N) is 2. The molecular weight excluding hydrogens is 246 g/mol. The highest BCUT2D eigenvalue weighted by Gasteiger charge is 2.05. The van der Waals surface area contributed by atoms with Gasteiger partial charge in [0.1, 0.15) is 0 Å². The smallest absolute Gasteiger partial charge is 0.151 e. The van der Waals surface area contributed by atoms with Crippen LogP contribution in [0.5, 0.6) is 5.75 Å². The van der Waals surface area contributed by atoms with E-state index in [1.807, 2.05) is 12.1 Å². The number of methoxy groups -OCH3 is 1. The molecule has 2 heterocycles. The van der Waals surface area contributed by atoms with Gasteiger partial charge in [-0.2, -0.15) is 5.10 Å². The summed E-state index contributed by atoms with van der Waals surface area (Å²) < 4.78 is 5.96. The predicted molar refractivity (Wildman–Crippen MR) is 56.1 cm³/mol. The molecule has 0 saturated carbocycles. The van der Waals surface area contributed by atoms with Crippen LogP contribution in [-0.2, 0) is 0 Å². The fourth-order valence-electron chi connectivity index (χ4n) is 1.11. The molecule has 0 aromatic carbocycles. The van der Waals surface area contributed by atoms with E-state index in [9.17, 15) is 0 Å². The first-order valence-electron chi connectivity index (χ1n) is 4.00. The Labute approximate surface area is 89.5 Å². The lowest BCUT2D eigenvalue weighted by Crippen LogP contribution is -1.89. The number of rotatable bonds is 2. The van der Waals surface area contributed by atoms with Crippen molar-refractivity contribution >= 4 is 15.9 Å². The van der Waals surface area contributed by atoms with Crippen molar-refractivity contribution < 1.29 is 4.74 Å². The summed E-state index contributed by atoms with van der Waals surface area (Å²) in [6, 6.07) is 3.74. The second-order valence-electron chi connectivity index (χ2n) is 2.67. The summed E-state index contributed by atoms with van der Waals surface area (Å²) in [7, 11) is 1.61. The molecule has 5 heteroatoms. The van der Waals surface area contributed by atoms with Crippen LogP contribution in [0.4, 0.5) is 0 Å². The lowest BCUT2D eigenvalue weighted by molar-refractivity contribution is 0.410. The van der Waals surface area contributed by atoms with Crippen LogP contribution >= 0.6 is 15.9 Å². The van der Waals surface area contributed by atoms with Gasteiger partial charge in [0.05, 0.1) is 29.2 Å². The van der Waals surface area contributed by atoms with Gasteiger partial charge in [-0.3, -0.25) is 10.1 Å². The number of ether oxygens (including phenoxy) is 1. The minimum atomic E-state index is 0.716. The molecule has 72 valence electrons. The fourth-order valence-corrected chi connectivity index (χ4v) is 1.60. The van der Waals surface area contributed by atoms with E-state index < -0.39 is 0 Å². The summed E-state index contributed by atoms with van der Waals surface area (Å²) in [6.07, 6.45) is 3.36. The van der Waals surface area contributed by atoms with Crippen LogP contribution in [0.1, 0.15) is 0 Å². The third-order valence-electron chi connectivity index (χ3n) is 1.82. The van der Waals surface area contributed by atoms with Crippen LogP contribution in [0.2, 0.25) is 0 Å². The fraction of sp³-hybridized carbons (Fsp3) is 0.111. The average molecular weight is 254 g/mol. The van der Waals surface area contributed by atoms with Gasteiger partial charge < -0.3 is 4.74 Å². The largest absolute Gasteiger partial charge is 0.494 e. The molecule has 0 fully saturated rings. The van der Waals surface area contributed by atoms with Crippen LogP contribution in [0, 0.1) is 0 Å². The number of aromatic amines is 1. The molecule has 0 amide bonds. The zero-order chi connectivity index (χ0) is 9.97. The molecule has 1 N–H and O–H groups in total. The van der Waals surface area contributed by atoms with Crippen LogP contribution < -0.4 is 4.74 Å². The zero-order valence-electron chi connectivity index (χ0n) is 7.49. The first-order chi connectivity index (χ1) is 6.81. The number of halogens is 1. The van der Waals surface area contributed by atoms with Gasteiger partial charge in [-0.1, -0.05) is 0 Å². The normalized spacial score (nSPS) is 10.1.